The van der Waals surface area contributed by atoms with Crippen molar-refractivity contribution >= 4 is 11.9 Å². The molecule has 2 aromatic heterocycles. The van der Waals surface area contributed by atoms with E-state index >= 15 is 0 Å². The summed E-state index contributed by atoms with van der Waals surface area (Å²) >= 11 is 0. The van der Waals surface area contributed by atoms with Crippen molar-refractivity contribution in [1.82, 2.24) is 4.98 Å². The molecular weight excluding hydrogens is 248 g/mol. The molecule has 2 rings (SSSR count). The SMILES string of the molecule is C[n+]1cccc(C(=O)[O-])c1.O=C(O)c1cccnc1. The fraction of sp³-hybridized carbons (Fsp3) is 0.0769. The van der Waals surface area contributed by atoms with Crippen molar-refractivity contribution in [1.29, 1.82) is 0 Å². The largest absolute Gasteiger partial charge is 0.545 e. The third-order valence-corrected chi connectivity index (χ3v) is 2.08. The Labute approximate surface area is 109 Å². The van der Waals surface area contributed by atoms with E-state index in [1.807, 2.05) is 0 Å². The third-order valence-electron chi connectivity index (χ3n) is 2.08. The molecule has 0 fully saturated rings. The van der Waals surface area contributed by atoms with Gasteiger partial charge in [0.05, 0.1) is 17.1 Å². The average Bonchev–Trinajstić information content (AvgIpc) is 2.40. The summed E-state index contributed by atoms with van der Waals surface area (Å²) in [7, 11) is 1.76. The second kappa shape index (κ2) is 6.85. The molecule has 0 aliphatic heterocycles. The van der Waals surface area contributed by atoms with Crippen molar-refractivity contribution in [2.75, 3.05) is 0 Å². The van der Waals surface area contributed by atoms with Crippen LogP contribution in [0.5, 0.6) is 0 Å². The minimum Gasteiger partial charge on any atom is -0.545 e. The standard InChI is InChI=1S/C7H7NO2.C6H5NO2/c1-8-4-2-3-6(5-8)7(9)10;8-6(9)5-2-1-3-7-4-5/h2-5H,1H3;1-4H,(H,8,9). The molecule has 0 aromatic carbocycles. The number of carbonyl (C=O) groups is 2. The molecule has 19 heavy (non-hydrogen) atoms. The number of carbonyl (C=O) groups excluding carboxylic acids is 1. The molecule has 2 heterocycles. The van der Waals surface area contributed by atoms with Crippen molar-refractivity contribution in [3.05, 3.63) is 60.2 Å². The number of aromatic carboxylic acids is 2. The number of nitrogens with zero attached hydrogens (tertiary/aromatic N) is 2. The molecule has 0 bridgehead atoms. The van der Waals surface area contributed by atoms with Crippen LogP contribution in [0.1, 0.15) is 20.7 Å². The fourth-order valence-corrected chi connectivity index (χ4v) is 1.20. The van der Waals surface area contributed by atoms with Crippen molar-refractivity contribution < 1.29 is 24.4 Å². The molecule has 0 aliphatic carbocycles. The van der Waals surface area contributed by atoms with E-state index in [-0.39, 0.29) is 11.1 Å². The van der Waals surface area contributed by atoms with E-state index in [2.05, 4.69) is 4.98 Å². The number of carboxylic acids is 2. The van der Waals surface area contributed by atoms with Crippen LogP contribution >= 0.6 is 0 Å². The topological polar surface area (TPSA) is 94.2 Å². The van der Waals surface area contributed by atoms with E-state index in [4.69, 9.17) is 5.11 Å². The van der Waals surface area contributed by atoms with Crippen LogP contribution in [0.15, 0.2) is 49.1 Å². The van der Waals surface area contributed by atoms with E-state index in [0.717, 1.165) is 0 Å². The first-order valence-electron chi connectivity index (χ1n) is 5.30. The van der Waals surface area contributed by atoms with Crippen LogP contribution in [-0.4, -0.2) is 22.0 Å². The Kier molecular flexibility index (Phi) is 5.16. The first kappa shape index (κ1) is 14.3. The van der Waals surface area contributed by atoms with Gasteiger partial charge in [0, 0.05) is 18.5 Å². The van der Waals surface area contributed by atoms with Gasteiger partial charge in [-0.3, -0.25) is 4.98 Å². The smallest absolute Gasteiger partial charge is 0.337 e. The Bertz CT molecular complexity index is 570. The highest BCUT2D eigenvalue weighted by molar-refractivity contribution is 5.87. The lowest BCUT2D eigenvalue weighted by atomic mass is 10.3. The molecule has 0 saturated carbocycles. The number of rotatable bonds is 2. The number of pyridine rings is 2. The molecule has 0 aliphatic rings. The van der Waals surface area contributed by atoms with Gasteiger partial charge < -0.3 is 15.0 Å². The van der Waals surface area contributed by atoms with Crippen LogP contribution in [0.3, 0.4) is 0 Å². The van der Waals surface area contributed by atoms with Gasteiger partial charge in [-0.1, -0.05) is 0 Å². The molecule has 0 radical (unpaired) electrons. The van der Waals surface area contributed by atoms with Gasteiger partial charge in [0.15, 0.2) is 12.4 Å². The van der Waals surface area contributed by atoms with Gasteiger partial charge in [0.1, 0.15) is 7.05 Å². The van der Waals surface area contributed by atoms with Crippen molar-refractivity contribution in [2.45, 2.75) is 0 Å². The van der Waals surface area contributed by atoms with E-state index in [1.165, 1.54) is 30.7 Å². The van der Waals surface area contributed by atoms with E-state index in [0.29, 0.717) is 0 Å². The van der Waals surface area contributed by atoms with Crippen molar-refractivity contribution in [3.63, 3.8) is 0 Å². The molecule has 6 heteroatoms. The average molecular weight is 260 g/mol. The molecule has 0 atom stereocenters. The van der Waals surface area contributed by atoms with Gasteiger partial charge in [-0.2, -0.15) is 0 Å². The summed E-state index contributed by atoms with van der Waals surface area (Å²) in [5.74, 6) is -2.08. The molecule has 1 N–H and O–H groups in total. The molecule has 0 saturated heterocycles. The third kappa shape index (κ3) is 4.95. The maximum absolute atomic E-state index is 10.2. The summed E-state index contributed by atoms with van der Waals surface area (Å²) in [6.45, 7) is 0. The van der Waals surface area contributed by atoms with Crippen LogP contribution in [-0.2, 0) is 7.05 Å². The predicted molar refractivity (Wildman–Crippen MR) is 63.1 cm³/mol. The predicted octanol–water partition coefficient (Wildman–Crippen LogP) is -0.346. The van der Waals surface area contributed by atoms with Crippen LogP contribution in [0, 0.1) is 0 Å². The highest BCUT2D eigenvalue weighted by Gasteiger charge is 1.98. The Morgan fingerprint density at radius 3 is 2.32 bits per heavy atom. The molecular formula is C13H12N2O4. The highest BCUT2D eigenvalue weighted by atomic mass is 16.4. The maximum Gasteiger partial charge on any atom is 0.337 e. The van der Waals surface area contributed by atoms with Crippen LogP contribution in [0.25, 0.3) is 0 Å². The first-order chi connectivity index (χ1) is 9.00. The first-order valence-corrected chi connectivity index (χ1v) is 5.30. The Morgan fingerprint density at radius 1 is 1.26 bits per heavy atom. The zero-order valence-corrected chi connectivity index (χ0v) is 10.2. The second-order valence-electron chi connectivity index (χ2n) is 3.59. The number of carboxylic acid groups (broad SMARTS) is 2. The van der Waals surface area contributed by atoms with Gasteiger partial charge in [-0.25, -0.2) is 9.36 Å². The van der Waals surface area contributed by atoms with Crippen LogP contribution < -0.4 is 9.67 Å². The molecule has 0 amide bonds. The van der Waals surface area contributed by atoms with Crippen LogP contribution in [0.2, 0.25) is 0 Å². The van der Waals surface area contributed by atoms with E-state index in [1.54, 1.807) is 29.9 Å². The molecule has 0 spiro atoms. The van der Waals surface area contributed by atoms with Gasteiger partial charge >= 0.3 is 5.97 Å². The highest BCUT2D eigenvalue weighted by Crippen LogP contribution is 1.93. The molecule has 98 valence electrons. The summed E-state index contributed by atoms with van der Waals surface area (Å²) < 4.78 is 1.66. The zero-order valence-electron chi connectivity index (χ0n) is 10.2. The summed E-state index contributed by atoms with van der Waals surface area (Å²) in [5.41, 5.74) is 0.419. The minimum atomic E-state index is -1.14. The summed E-state index contributed by atoms with van der Waals surface area (Å²) in [6, 6.07) is 6.24. The van der Waals surface area contributed by atoms with E-state index < -0.39 is 11.9 Å². The number of aryl methyl sites for hydroxylation is 1. The number of hydrogen-bond donors (Lipinski definition) is 1. The van der Waals surface area contributed by atoms with Gasteiger partial charge in [-0.05, 0) is 18.2 Å². The Morgan fingerprint density at radius 2 is 1.95 bits per heavy atom. The summed E-state index contributed by atoms with van der Waals surface area (Å²) in [6.07, 6.45) is 6.09. The number of hydrogen-bond acceptors (Lipinski definition) is 4. The summed E-state index contributed by atoms with van der Waals surface area (Å²) in [5, 5.41) is 18.6. The fourth-order valence-electron chi connectivity index (χ4n) is 1.20. The normalized spacial score (nSPS) is 9.11. The van der Waals surface area contributed by atoms with Gasteiger partial charge in [-0.15, -0.1) is 0 Å². The maximum atomic E-state index is 10.2. The Hall–Kier alpha value is -2.76. The second-order valence-corrected chi connectivity index (χ2v) is 3.59. The lowest BCUT2D eigenvalue weighted by molar-refractivity contribution is -0.671. The lowest BCUT2D eigenvalue weighted by Crippen LogP contribution is -2.31. The number of aromatic nitrogens is 2. The molecule has 0 unspecified atom stereocenters. The quantitative estimate of drug-likeness (QED) is 0.745. The van der Waals surface area contributed by atoms with Crippen molar-refractivity contribution in [2.24, 2.45) is 7.05 Å². The van der Waals surface area contributed by atoms with Gasteiger partial charge in [0.25, 0.3) is 0 Å². The van der Waals surface area contributed by atoms with E-state index in [9.17, 15) is 14.7 Å². The zero-order chi connectivity index (χ0) is 14.3. The molecule has 2 aromatic rings. The molecule has 6 nitrogen and oxygen atoms in total. The van der Waals surface area contributed by atoms with Crippen LogP contribution in [0.4, 0.5) is 0 Å². The summed E-state index contributed by atoms with van der Waals surface area (Å²) in [4.78, 5) is 24.0. The lowest BCUT2D eigenvalue weighted by Gasteiger charge is -1.96. The van der Waals surface area contributed by atoms with Crippen molar-refractivity contribution in [3.8, 4) is 0 Å². The Balaban J connectivity index is 0.000000191. The monoisotopic (exact) mass is 260 g/mol. The van der Waals surface area contributed by atoms with Gasteiger partial charge in [0.2, 0.25) is 0 Å². The minimum absolute atomic E-state index is 0.199.